The van der Waals surface area contributed by atoms with Gasteiger partial charge in [-0.25, -0.2) is 0 Å². The highest BCUT2D eigenvalue weighted by Crippen LogP contribution is 2.38. The SMILES string of the molecule is CCCCCCCCCC/C=C\CCCCCCCCCCCCCCCCCC(=O)NC(COP(=O)([O-])OCC[N+](C)(C)C)C(O)CCCCCCCCCCCCCCC. The van der Waals surface area contributed by atoms with E-state index in [9.17, 15) is 19.4 Å². The molecule has 0 aromatic rings. The smallest absolute Gasteiger partial charge is 0.268 e. The Hall–Kier alpha value is -0.760. The highest BCUT2D eigenvalue weighted by Gasteiger charge is 2.24. The maximum Gasteiger partial charge on any atom is 0.268 e. The van der Waals surface area contributed by atoms with E-state index >= 15 is 0 Å². The molecule has 3 atom stereocenters. The minimum atomic E-state index is -4.56. The molecule has 0 bridgehead atoms. The normalized spacial score (nSPS) is 14.1. The van der Waals surface area contributed by atoms with Crippen LogP contribution in [0, 0.1) is 0 Å². The quantitative estimate of drug-likeness (QED) is 0.0272. The highest BCUT2D eigenvalue weighted by molar-refractivity contribution is 7.45. The van der Waals surface area contributed by atoms with Crippen molar-refractivity contribution in [3.63, 3.8) is 0 Å². The van der Waals surface area contributed by atoms with E-state index in [1.54, 1.807) is 0 Å². The number of phosphoric ester groups is 1. The number of carbonyl (C=O) groups excluding carboxylic acids is 1. The van der Waals surface area contributed by atoms with Crippen molar-refractivity contribution in [3.8, 4) is 0 Å². The van der Waals surface area contributed by atoms with Gasteiger partial charge in [-0.3, -0.25) is 9.36 Å². The molecule has 0 fully saturated rings. The number of hydrogen-bond acceptors (Lipinski definition) is 6. The first-order valence-corrected chi connectivity index (χ1v) is 28.5. The van der Waals surface area contributed by atoms with Gasteiger partial charge in [0.05, 0.1) is 39.9 Å². The van der Waals surface area contributed by atoms with E-state index in [0.29, 0.717) is 23.9 Å². The number of hydrogen-bond donors (Lipinski definition) is 2. The van der Waals surface area contributed by atoms with Crippen LogP contribution in [0.25, 0.3) is 0 Å². The number of aliphatic hydroxyl groups is 1. The lowest BCUT2D eigenvalue weighted by molar-refractivity contribution is -0.870. The molecule has 8 nitrogen and oxygen atoms in total. The maximum absolute atomic E-state index is 12.9. The third kappa shape index (κ3) is 47.2. The number of carbonyl (C=O) groups is 1. The number of aliphatic hydroxyl groups excluding tert-OH is 1. The minimum Gasteiger partial charge on any atom is -0.756 e. The summed E-state index contributed by atoms with van der Waals surface area (Å²) in [7, 11) is 1.32. The third-order valence-corrected chi connectivity index (χ3v) is 13.5. The van der Waals surface area contributed by atoms with Crippen molar-refractivity contribution in [3.05, 3.63) is 12.2 Å². The number of phosphoric acid groups is 1. The van der Waals surface area contributed by atoms with Gasteiger partial charge in [-0.15, -0.1) is 0 Å². The van der Waals surface area contributed by atoms with Gasteiger partial charge in [-0.05, 0) is 38.5 Å². The Morgan fingerprint density at radius 3 is 1.26 bits per heavy atom. The minimum absolute atomic E-state index is 0.0149. The molecule has 1 amide bonds. The topological polar surface area (TPSA) is 108 Å². The number of nitrogens with one attached hydrogen (secondary N) is 1. The molecular weight excluding hydrogens is 792 g/mol. The van der Waals surface area contributed by atoms with E-state index in [1.807, 2.05) is 21.1 Å². The van der Waals surface area contributed by atoms with Crippen molar-refractivity contribution >= 4 is 13.7 Å². The van der Waals surface area contributed by atoms with Crippen LogP contribution in [0.15, 0.2) is 12.2 Å². The predicted octanol–water partition coefficient (Wildman–Crippen LogP) is 15.2. The Morgan fingerprint density at radius 2 is 0.887 bits per heavy atom. The van der Waals surface area contributed by atoms with Crippen LogP contribution in [0.5, 0.6) is 0 Å². The van der Waals surface area contributed by atoms with Crippen molar-refractivity contribution in [1.82, 2.24) is 5.32 Å². The first-order valence-electron chi connectivity index (χ1n) is 27.0. The Balaban J connectivity index is 4.07. The fraction of sp³-hybridized carbons (Fsp3) is 0.943. The molecule has 2 N–H and O–H groups in total. The summed E-state index contributed by atoms with van der Waals surface area (Å²) in [6.07, 6.45) is 53.8. The molecule has 3 unspecified atom stereocenters. The Labute approximate surface area is 386 Å². The Morgan fingerprint density at radius 1 is 0.548 bits per heavy atom. The van der Waals surface area contributed by atoms with Gasteiger partial charge in [-0.1, -0.05) is 238 Å². The fourth-order valence-electron chi connectivity index (χ4n) is 8.21. The van der Waals surface area contributed by atoms with Gasteiger partial charge in [0.2, 0.25) is 5.91 Å². The molecule has 0 aliphatic carbocycles. The first kappa shape index (κ1) is 61.2. The molecular formula is C53H107N2O6P. The van der Waals surface area contributed by atoms with Crippen LogP contribution in [-0.2, 0) is 18.4 Å². The highest BCUT2D eigenvalue weighted by atomic mass is 31.2. The number of amides is 1. The summed E-state index contributed by atoms with van der Waals surface area (Å²) in [6, 6.07) is -0.796. The number of rotatable bonds is 50. The fourth-order valence-corrected chi connectivity index (χ4v) is 8.94. The predicted molar refractivity (Wildman–Crippen MR) is 266 cm³/mol. The maximum atomic E-state index is 12.9. The molecule has 62 heavy (non-hydrogen) atoms. The van der Waals surface area contributed by atoms with Crippen LogP contribution in [0.1, 0.15) is 271 Å². The molecule has 0 saturated heterocycles. The van der Waals surface area contributed by atoms with Gasteiger partial charge in [0.1, 0.15) is 13.2 Å². The Bertz CT molecular complexity index is 1020. The summed E-state index contributed by atoms with van der Waals surface area (Å²) >= 11 is 0. The second-order valence-corrected chi connectivity index (χ2v) is 21.4. The van der Waals surface area contributed by atoms with Gasteiger partial charge >= 0.3 is 0 Å². The molecule has 0 aromatic carbocycles. The number of quaternary nitrogens is 1. The number of nitrogens with zero attached hydrogens (tertiary/aromatic N) is 1. The summed E-state index contributed by atoms with van der Waals surface area (Å²) in [4.78, 5) is 25.4. The zero-order valence-electron chi connectivity index (χ0n) is 42.1. The van der Waals surface area contributed by atoms with E-state index < -0.39 is 20.0 Å². The molecule has 9 heteroatoms. The van der Waals surface area contributed by atoms with Crippen LogP contribution in [-0.4, -0.2) is 68.5 Å². The summed E-state index contributed by atoms with van der Waals surface area (Å²) in [6.45, 7) is 4.75. The lowest BCUT2D eigenvalue weighted by Gasteiger charge is -2.30. The zero-order chi connectivity index (χ0) is 45.7. The molecule has 0 aromatic heterocycles. The van der Waals surface area contributed by atoms with Crippen molar-refractivity contribution in [2.45, 2.75) is 283 Å². The van der Waals surface area contributed by atoms with Crippen molar-refractivity contribution < 1.29 is 32.9 Å². The summed E-state index contributed by atoms with van der Waals surface area (Å²) in [5, 5.41) is 14.0. The van der Waals surface area contributed by atoms with Gasteiger partial charge in [0, 0.05) is 6.42 Å². The van der Waals surface area contributed by atoms with Gasteiger partial charge in [0.15, 0.2) is 0 Å². The lowest BCUT2D eigenvalue weighted by atomic mass is 10.0. The Kier molecular flexibility index (Phi) is 44.8. The summed E-state index contributed by atoms with van der Waals surface area (Å²) in [5.74, 6) is -0.161. The zero-order valence-corrected chi connectivity index (χ0v) is 43.0. The summed E-state index contributed by atoms with van der Waals surface area (Å²) < 4.78 is 23.3. The van der Waals surface area contributed by atoms with Crippen LogP contribution < -0.4 is 10.2 Å². The third-order valence-electron chi connectivity index (χ3n) is 12.5. The first-order chi connectivity index (χ1) is 30.0. The molecule has 0 rings (SSSR count). The van der Waals surface area contributed by atoms with E-state index in [1.165, 1.54) is 205 Å². The lowest BCUT2D eigenvalue weighted by Crippen LogP contribution is -2.46. The van der Waals surface area contributed by atoms with E-state index in [-0.39, 0.29) is 19.1 Å². The summed E-state index contributed by atoms with van der Waals surface area (Å²) in [5.41, 5.74) is 0. The van der Waals surface area contributed by atoms with Crippen molar-refractivity contribution in [2.24, 2.45) is 0 Å². The molecule has 0 aliphatic rings. The van der Waals surface area contributed by atoms with Gasteiger partial charge in [-0.2, -0.15) is 0 Å². The molecule has 0 aliphatic heterocycles. The molecule has 0 spiro atoms. The van der Waals surface area contributed by atoms with E-state index in [0.717, 1.165) is 38.5 Å². The monoisotopic (exact) mass is 899 g/mol. The largest absolute Gasteiger partial charge is 0.756 e. The number of unbranched alkanes of at least 4 members (excludes halogenated alkanes) is 35. The molecule has 0 radical (unpaired) electrons. The molecule has 0 heterocycles. The van der Waals surface area contributed by atoms with Gasteiger partial charge < -0.3 is 28.8 Å². The van der Waals surface area contributed by atoms with Crippen molar-refractivity contribution in [2.75, 3.05) is 40.9 Å². The van der Waals surface area contributed by atoms with Crippen LogP contribution >= 0.6 is 7.82 Å². The van der Waals surface area contributed by atoms with E-state index in [2.05, 4.69) is 31.3 Å². The standard InChI is InChI=1S/C53H107N2O6P/c1-6-8-10-12-14-16-18-20-21-22-23-24-25-26-27-28-29-30-31-32-33-35-37-39-41-43-45-47-53(57)54-51(50-61-62(58,59)60-49-48-55(3,4)5)52(56)46-44-42-40-38-36-34-19-17-15-13-11-9-7-2/h22-23,51-52,56H,6-21,24-50H2,1-5H3,(H-,54,57,58,59)/b23-22-. The second kappa shape index (κ2) is 45.4. The van der Waals surface area contributed by atoms with Crippen LogP contribution in [0.4, 0.5) is 0 Å². The van der Waals surface area contributed by atoms with E-state index in [4.69, 9.17) is 9.05 Å². The van der Waals surface area contributed by atoms with Crippen molar-refractivity contribution in [1.29, 1.82) is 0 Å². The second-order valence-electron chi connectivity index (χ2n) is 19.9. The molecule has 370 valence electrons. The van der Waals surface area contributed by atoms with Crippen LogP contribution in [0.2, 0.25) is 0 Å². The van der Waals surface area contributed by atoms with Crippen LogP contribution in [0.3, 0.4) is 0 Å². The van der Waals surface area contributed by atoms with Gasteiger partial charge in [0.25, 0.3) is 7.82 Å². The number of allylic oxidation sites excluding steroid dienone is 2. The average molecular weight is 899 g/mol. The average Bonchev–Trinajstić information content (AvgIpc) is 3.23. The molecule has 0 saturated carbocycles. The number of likely N-dealkylation sites (N-methyl/N-ethyl adjacent to an activating group) is 1.